The van der Waals surface area contributed by atoms with Gasteiger partial charge in [0.1, 0.15) is 0 Å². The van der Waals surface area contributed by atoms with Gasteiger partial charge in [-0.2, -0.15) is 0 Å². The van der Waals surface area contributed by atoms with Crippen LogP contribution in [0.3, 0.4) is 0 Å². The molecule has 0 heterocycles. The van der Waals surface area contributed by atoms with Crippen LogP contribution in [0.1, 0.15) is 48.0 Å². The van der Waals surface area contributed by atoms with Gasteiger partial charge in [0.15, 0.2) is 0 Å². The summed E-state index contributed by atoms with van der Waals surface area (Å²) in [6.45, 7) is 13.6. The van der Waals surface area contributed by atoms with Gasteiger partial charge in [0, 0.05) is 12.1 Å². The number of nitrogens with one attached hydrogen (secondary N) is 1. The van der Waals surface area contributed by atoms with Crippen molar-refractivity contribution < 1.29 is 0 Å². The third-order valence-electron chi connectivity index (χ3n) is 2.48. The number of hydrogen-bond acceptors (Lipinski definition) is 1. The molecule has 74 valence electrons. The maximum Gasteiger partial charge on any atom is 0.00437 e. The lowest BCUT2D eigenvalue weighted by molar-refractivity contribution is 0.331. The monoisotopic (exact) mass is 171 g/mol. The molecule has 1 unspecified atom stereocenters. The standard InChI is InChI=1S/C11H25N/c1-8(2)10(5)7-11(6)12-9(3)4/h8-12H,7H2,1-6H3/t10?,11-/m1/s1. The van der Waals surface area contributed by atoms with Gasteiger partial charge in [-0.3, -0.25) is 0 Å². The lowest BCUT2D eigenvalue weighted by atomic mass is 9.91. The Hall–Kier alpha value is -0.0400. The number of hydrogen-bond donors (Lipinski definition) is 1. The van der Waals surface area contributed by atoms with Crippen LogP contribution in [0.5, 0.6) is 0 Å². The third-order valence-corrected chi connectivity index (χ3v) is 2.48. The van der Waals surface area contributed by atoms with E-state index in [1.165, 1.54) is 6.42 Å². The fourth-order valence-corrected chi connectivity index (χ4v) is 1.47. The lowest BCUT2D eigenvalue weighted by Gasteiger charge is -2.22. The van der Waals surface area contributed by atoms with Gasteiger partial charge in [-0.05, 0) is 25.2 Å². The molecule has 0 aromatic rings. The molecule has 0 aromatic heterocycles. The van der Waals surface area contributed by atoms with E-state index in [2.05, 4.69) is 46.9 Å². The minimum atomic E-state index is 0.611. The molecule has 0 spiro atoms. The second kappa shape index (κ2) is 5.58. The Kier molecular flexibility index (Phi) is 5.56. The van der Waals surface area contributed by atoms with Crippen molar-refractivity contribution in [3.63, 3.8) is 0 Å². The molecule has 0 amide bonds. The van der Waals surface area contributed by atoms with Crippen LogP contribution in [0.4, 0.5) is 0 Å². The molecule has 0 saturated heterocycles. The molecule has 1 N–H and O–H groups in total. The predicted octanol–water partition coefficient (Wildman–Crippen LogP) is 3.06. The maximum absolute atomic E-state index is 3.53. The quantitative estimate of drug-likeness (QED) is 0.670. The van der Waals surface area contributed by atoms with E-state index in [9.17, 15) is 0 Å². The van der Waals surface area contributed by atoms with Crippen molar-refractivity contribution in [3.8, 4) is 0 Å². The van der Waals surface area contributed by atoms with Crippen LogP contribution in [0, 0.1) is 11.8 Å². The molecule has 0 radical (unpaired) electrons. The van der Waals surface area contributed by atoms with Crippen molar-refractivity contribution in [2.75, 3.05) is 0 Å². The zero-order chi connectivity index (χ0) is 9.72. The molecule has 0 aromatic carbocycles. The zero-order valence-electron chi connectivity index (χ0n) is 9.52. The van der Waals surface area contributed by atoms with E-state index in [0.29, 0.717) is 12.1 Å². The van der Waals surface area contributed by atoms with Gasteiger partial charge < -0.3 is 5.32 Å². The summed E-state index contributed by atoms with van der Waals surface area (Å²) in [5.74, 6) is 1.63. The second-order valence-corrected chi connectivity index (χ2v) is 4.68. The Morgan fingerprint density at radius 3 is 1.75 bits per heavy atom. The van der Waals surface area contributed by atoms with Gasteiger partial charge in [-0.1, -0.05) is 34.6 Å². The summed E-state index contributed by atoms with van der Waals surface area (Å²) in [7, 11) is 0. The van der Waals surface area contributed by atoms with E-state index >= 15 is 0 Å². The summed E-state index contributed by atoms with van der Waals surface area (Å²) >= 11 is 0. The average Bonchev–Trinajstić information content (AvgIpc) is 1.84. The van der Waals surface area contributed by atoms with Crippen molar-refractivity contribution in [1.29, 1.82) is 0 Å². The molecule has 0 aliphatic carbocycles. The second-order valence-electron chi connectivity index (χ2n) is 4.68. The summed E-state index contributed by atoms with van der Waals surface area (Å²) in [6.07, 6.45) is 1.29. The highest BCUT2D eigenvalue weighted by Crippen LogP contribution is 2.15. The first-order valence-electron chi connectivity index (χ1n) is 5.19. The van der Waals surface area contributed by atoms with E-state index in [1.54, 1.807) is 0 Å². The largest absolute Gasteiger partial charge is 0.312 e. The van der Waals surface area contributed by atoms with E-state index in [0.717, 1.165) is 11.8 Å². The van der Waals surface area contributed by atoms with Crippen molar-refractivity contribution in [3.05, 3.63) is 0 Å². The normalized spacial score (nSPS) is 17.0. The highest BCUT2D eigenvalue weighted by molar-refractivity contribution is 4.68. The van der Waals surface area contributed by atoms with Gasteiger partial charge in [0.2, 0.25) is 0 Å². The number of rotatable bonds is 5. The Labute approximate surface area is 77.9 Å². The first-order chi connectivity index (χ1) is 5.43. The van der Waals surface area contributed by atoms with Crippen LogP contribution >= 0.6 is 0 Å². The van der Waals surface area contributed by atoms with Crippen molar-refractivity contribution in [2.24, 2.45) is 11.8 Å². The van der Waals surface area contributed by atoms with Crippen molar-refractivity contribution in [1.82, 2.24) is 5.32 Å². The van der Waals surface area contributed by atoms with E-state index in [4.69, 9.17) is 0 Å². The summed E-state index contributed by atoms with van der Waals surface area (Å²) in [5.41, 5.74) is 0. The molecule has 0 aliphatic rings. The van der Waals surface area contributed by atoms with Crippen LogP contribution in [0.25, 0.3) is 0 Å². The first kappa shape index (κ1) is 12.0. The molecule has 0 saturated carbocycles. The van der Waals surface area contributed by atoms with E-state index in [1.807, 2.05) is 0 Å². The summed E-state index contributed by atoms with van der Waals surface area (Å²) in [5, 5.41) is 3.53. The third kappa shape index (κ3) is 5.59. The highest BCUT2D eigenvalue weighted by atomic mass is 14.9. The summed E-state index contributed by atoms with van der Waals surface area (Å²) < 4.78 is 0. The van der Waals surface area contributed by atoms with Crippen molar-refractivity contribution in [2.45, 2.75) is 60.0 Å². The van der Waals surface area contributed by atoms with Gasteiger partial charge >= 0.3 is 0 Å². The predicted molar refractivity (Wildman–Crippen MR) is 56.4 cm³/mol. The van der Waals surface area contributed by atoms with Gasteiger partial charge in [0.25, 0.3) is 0 Å². The molecule has 0 rings (SSSR count). The van der Waals surface area contributed by atoms with E-state index < -0.39 is 0 Å². The fraction of sp³-hybridized carbons (Fsp3) is 1.00. The summed E-state index contributed by atoms with van der Waals surface area (Å²) in [6, 6.07) is 1.27. The maximum atomic E-state index is 3.53. The van der Waals surface area contributed by atoms with Crippen LogP contribution in [-0.4, -0.2) is 12.1 Å². The highest BCUT2D eigenvalue weighted by Gasteiger charge is 2.11. The molecular formula is C11H25N. The Balaban J connectivity index is 3.61. The average molecular weight is 171 g/mol. The molecule has 12 heavy (non-hydrogen) atoms. The molecule has 1 nitrogen and oxygen atoms in total. The van der Waals surface area contributed by atoms with E-state index in [-0.39, 0.29) is 0 Å². The lowest BCUT2D eigenvalue weighted by Crippen LogP contribution is -2.34. The molecule has 2 atom stereocenters. The van der Waals surface area contributed by atoms with Gasteiger partial charge in [-0.25, -0.2) is 0 Å². The molecule has 1 heteroatoms. The molecule has 0 bridgehead atoms. The fourth-order valence-electron chi connectivity index (χ4n) is 1.47. The van der Waals surface area contributed by atoms with Crippen LogP contribution in [0.15, 0.2) is 0 Å². The van der Waals surface area contributed by atoms with Gasteiger partial charge in [0.05, 0.1) is 0 Å². The Morgan fingerprint density at radius 2 is 1.42 bits per heavy atom. The van der Waals surface area contributed by atoms with Crippen LogP contribution in [0.2, 0.25) is 0 Å². The van der Waals surface area contributed by atoms with Crippen LogP contribution in [-0.2, 0) is 0 Å². The molecular weight excluding hydrogens is 146 g/mol. The van der Waals surface area contributed by atoms with Crippen LogP contribution < -0.4 is 5.32 Å². The minimum Gasteiger partial charge on any atom is -0.312 e. The zero-order valence-corrected chi connectivity index (χ0v) is 9.52. The minimum absolute atomic E-state index is 0.611. The summed E-state index contributed by atoms with van der Waals surface area (Å²) in [4.78, 5) is 0. The Bertz CT molecular complexity index is 108. The SMILES string of the molecule is CC(C)N[C@H](C)CC(C)C(C)C. The molecule has 0 aliphatic heterocycles. The molecule has 0 fully saturated rings. The topological polar surface area (TPSA) is 12.0 Å². The van der Waals surface area contributed by atoms with Crippen molar-refractivity contribution >= 4 is 0 Å². The first-order valence-corrected chi connectivity index (χ1v) is 5.19. The van der Waals surface area contributed by atoms with Gasteiger partial charge in [-0.15, -0.1) is 0 Å². The smallest absolute Gasteiger partial charge is 0.00437 e. The Morgan fingerprint density at radius 1 is 0.917 bits per heavy atom.